The van der Waals surface area contributed by atoms with Crippen molar-refractivity contribution in [1.29, 1.82) is 0 Å². The average Bonchev–Trinajstić information content (AvgIpc) is 2.70. The Kier molecular flexibility index (Phi) is 4.40. The fourth-order valence-electron chi connectivity index (χ4n) is 2.69. The number of ether oxygens (including phenoxy) is 1. The molecule has 1 unspecified atom stereocenters. The number of rotatable bonds is 2. The SMILES string of the molecule is NC1(C(=O)NC2CCCCCCC2)CCOC1. The van der Waals surface area contributed by atoms with E-state index in [0.717, 1.165) is 12.8 Å². The first kappa shape index (κ1) is 12.8. The number of nitrogens with two attached hydrogens (primary N) is 1. The molecule has 1 aliphatic carbocycles. The van der Waals surface area contributed by atoms with E-state index in [1.807, 2.05) is 0 Å². The highest BCUT2D eigenvalue weighted by atomic mass is 16.5. The van der Waals surface area contributed by atoms with E-state index in [4.69, 9.17) is 10.5 Å². The second-order valence-corrected chi connectivity index (χ2v) is 5.47. The van der Waals surface area contributed by atoms with Crippen molar-refractivity contribution in [3.05, 3.63) is 0 Å². The molecule has 4 heteroatoms. The Hall–Kier alpha value is -0.610. The number of carbonyl (C=O) groups excluding carboxylic acids is 1. The van der Waals surface area contributed by atoms with Crippen LogP contribution in [-0.2, 0) is 9.53 Å². The summed E-state index contributed by atoms with van der Waals surface area (Å²) in [4.78, 5) is 12.1. The second-order valence-electron chi connectivity index (χ2n) is 5.47. The van der Waals surface area contributed by atoms with Crippen LogP contribution in [0.5, 0.6) is 0 Å². The molecule has 1 amide bonds. The normalized spacial score (nSPS) is 31.8. The Balaban J connectivity index is 1.83. The Labute approximate surface area is 103 Å². The van der Waals surface area contributed by atoms with Crippen LogP contribution < -0.4 is 11.1 Å². The van der Waals surface area contributed by atoms with Crippen LogP contribution in [0.4, 0.5) is 0 Å². The summed E-state index contributed by atoms with van der Waals surface area (Å²) in [5.41, 5.74) is 5.28. The minimum atomic E-state index is -0.775. The maximum absolute atomic E-state index is 12.1. The van der Waals surface area contributed by atoms with Gasteiger partial charge in [0.15, 0.2) is 0 Å². The smallest absolute Gasteiger partial charge is 0.242 e. The zero-order chi connectivity index (χ0) is 12.1. The molecule has 0 aromatic carbocycles. The van der Waals surface area contributed by atoms with Gasteiger partial charge in [-0.25, -0.2) is 0 Å². The summed E-state index contributed by atoms with van der Waals surface area (Å²) in [6.07, 6.45) is 9.22. The topological polar surface area (TPSA) is 64.4 Å². The van der Waals surface area contributed by atoms with Gasteiger partial charge in [-0.05, 0) is 19.3 Å². The summed E-state index contributed by atoms with van der Waals surface area (Å²) in [5, 5.41) is 3.13. The van der Waals surface area contributed by atoms with E-state index in [-0.39, 0.29) is 5.91 Å². The van der Waals surface area contributed by atoms with Crippen LogP contribution >= 0.6 is 0 Å². The molecule has 0 aromatic heterocycles. The molecule has 1 heterocycles. The van der Waals surface area contributed by atoms with Gasteiger partial charge in [-0.15, -0.1) is 0 Å². The second kappa shape index (κ2) is 5.83. The third-order valence-corrected chi connectivity index (χ3v) is 3.94. The van der Waals surface area contributed by atoms with Crippen molar-refractivity contribution in [1.82, 2.24) is 5.32 Å². The lowest BCUT2D eigenvalue weighted by Gasteiger charge is -2.26. The number of nitrogens with one attached hydrogen (secondary N) is 1. The standard InChI is InChI=1S/C13H24N2O2/c14-13(8-9-17-10-13)12(16)15-11-6-4-2-1-3-5-7-11/h11H,1-10,14H2,(H,15,16). The van der Waals surface area contributed by atoms with E-state index in [1.165, 1.54) is 32.1 Å². The lowest BCUT2D eigenvalue weighted by molar-refractivity contribution is -0.127. The maximum Gasteiger partial charge on any atom is 0.242 e. The summed E-state index contributed by atoms with van der Waals surface area (Å²) < 4.78 is 5.23. The Bertz CT molecular complexity index is 254. The molecule has 17 heavy (non-hydrogen) atoms. The molecule has 2 fully saturated rings. The van der Waals surface area contributed by atoms with Gasteiger partial charge in [-0.1, -0.05) is 32.1 Å². The lowest BCUT2D eigenvalue weighted by atomic mass is 9.94. The Morgan fingerprint density at radius 3 is 2.41 bits per heavy atom. The van der Waals surface area contributed by atoms with Crippen LogP contribution in [0.3, 0.4) is 0 Å². The molecule has 0 spiro atoms. The molecule has 2 rings (SSSR count). The summed E-state index contributed by atoms with van der Waals surface area (Å²) in [5.74, 6) is -0.0134. The number of carbonyl (C=O) groups is 1. The van der Waals surface area contributed by atoms with E-state index < -0.39 is 5.54 Å². The molecular formula is C13H24N2O2. The molecule has 1 saturated carbocycles. The summed E-state index contributed by atoms with van der Waals surface area (Å²) in [7, 11) is 0. The number of amides is 1. The van der Waals surface area contributed by atoms with Crippen LogP contribution in [0.2, 0.25) is 0 Å². The fourth-order valence-corrected chi connectivity index (χ4v) is 2.69. The first-order chi connectivity index (χ1) is 8.21. The van der Waals surface area contributed by atoms with E-state index in [0.29, 0.717) is 25.7 Å². The third kappa shape index (κ3) is 3.42. The average molecular weight is 240 g/mol. The van der Waals surface area contributed by atoms with Crippen LogP contribution in [0.25, 0.3) is 0 Å². The maximum atomic E-state index is 12.1. The highest BCUT2D eigenvalue weighted by Gasteiger charge is 2.38. The van der Waals surface area contributed by atoms with Crippen molar-refractivity contribution in [2.24, 2.45) is 5.73 Å². The zero-order valence-corrected chi connectivity index (χ0v) is 10.5. The predicted octanol–water partition coefficient (Wildman–Crippen LogP) is 1.33. The molecule has 2 aliphatic rings. The molecule has 1 saturated heterocycles. The molecule has 0 radical (unpaired) electrons. The highest BCUT2D eigenvalue weighted by Crippen LogP contribution is 2.20. The van der Waals surface area contributed by atoms with Crippen LogP contribution in [0.15, 0.2) is 0 Å². The summed E-state index contributed by atoms with van der Waals surface area (Å²) in [6, 6.07) is 0.323. The summed E-state index contributed by atoms with van der Waals surface area (Å²) in [6.45, 7) is 0.972. The lowest BCUT2D eigenvalue weighted by Crippen LogP contribution is -2.56. The van der Waals surface area contributed by atoms with Crippen molar-refractivity contribution >= 4 is 5.91 Å². The van der Waals surface area contributed by atoms with Gasteiger partial charge in [0.1, 0.15) is 5.54 Å². The van der Waals surface area contributed by atoms with Gasteiger partial charge in [0.05, 0.1) is 6.61 Å². The summed E-state index contributed by atoms with van der Waals surface area (Å²) >= 11 is 0. The molecule has 3 N–H and O–H groups in total. The van der Waals surface area contributed by atoms with E-state index in [2.05, 4.69) is 5.32 Å². The van der Waals surface area contributed by atoms with Crippen molar-refractivity contribution in [3.8, 4) is 0 Å². The van der Waals surface area contributed by atoms with Crippen LogP contribution in [0, 0.1) is 0 Å². The van der Waals surface area contributed by atoms with Crippen molar-refractivity contribution in [2.45, 2.75) is 62.9 Å². The van der Waals surface area contributed by atoms with Gasteiger partial charge in [0, 0.05) is 12.6 Å². The molecule has 1 atom stereocenters. The first-order valence-electron chi connectivity index (χ1n) is 6.88. The number of hydrogen-bond acceptors (Lipinski definition) is 3. The molecule has 0 aromatic rings. The zero-order valence-electron chi connectivity index (χ0n) is 10.5. The van der Waals surface area contributed by atoms with E-state index in [1.54, 1.807) is 0 Å². The van der Waals surface area contributed by atoms with Crippen molar-refractivity contribution in [3.63, 3.8) is 0 Å². The van der Waals surface area contributed by atoms with Gasteiger partial charge in [0.2, 0.25) is 5.91 Å². The molecular weight excluding hydrogens is 216 g/mol. The largest absolute Gasteiger partial charge is 0.379 e. The van der Waals surface area contributed by atoms with Gasteiger partial charge < -0.3 is 15.8 Å². The first-order valence-corrected chi connectivity index (χ1v) is 6.88. The van der Waals surface area contributed by atoms with Gasteiger partial charge in [0.25, 0.3) is 0 Å². The van der Waals surface area contributed by atoms with Crippen molar-refractivity contribution < 1.29 is 9.53 Å². The predicted molar refractivity (Wildman–Crippen MR) is 66.6 cm³/mol. The van der Waals surface area contributed by atoms with E-state index in [9.17, 15) is 4.79 Å². The highest BCUT2D eigenvalue weighted by molar-refractivity contribution is 5.86. The van der Waals surface area contributed by atoms with Gasteiger partial charge in [-0.2, -0.15) is 0 Å². The van der Waals surface area contributed by atoms with Crippen molar-refractivity contribution in [2.75, 3.05) is 13.2 Å². The molecule has 1 aliphatic heterocycles. The van der Waals surface area contributed by atoms with E-state index >= 15 is 0 Å². The van der Waals surface area contributed by atoms with Crippen LogP contribution in [-0.4, -0.2) is 30.7 Å². The molecule has 98 valence electrons. The quantitative estimate of drug-likeness (QED) is 0.765. The minimum Gasteiger partial charge on any atom is -0.379 e. The number of hydrogen-bond donors (Lipinski definition) is 2. The molecule has 4 nitrogen and oxygen atoms in total. The van der Waals surface area contributed by atoms with Gasteiger partial charge in [-0.3, -0.25) is 4.79 Å². The molecule has 0 bridgehead atoms. The van der Waals surface area contributed by atoms with Gasteiger partial charge >= 0.3 is 0 Å². The Morgan fingerprint density at radius 2 is 1.82 bits per heavy atom. The van der Waals surface area contributed by atoms with Crippen LogP contribution in [0.1, 0.15) is 51.4 Å². The minimum absolute atomic E-state index is 0.0134. The third-order valence-electron chi connectivity index (χ3n) is 3.94. The Morgan fingerprint density at radius 1 is 1.18 bits per heavy atom. The fraction of sp³-hybridized carbons (Fsp3) is 0.923. The monoisotopic (exact) mass is 240 g/mol.